The summed E-state index contributed by atoms with van der Waals surface area (Å²) in [5, 5.41) is 4.35. The minimum absolute atomic E-state index is 0.350. The van der Waals surface area contributed by atoms with Crippen LogP contribution in [0.1, 0.15) is 11.1 Å². The topological polar surface area (TPSA) is 51.8 Å². The molecule has 0 saturated heterocycles. The maximum Gasteiger partial charge on any atom is 0.261 e. The number of pyridine rings is 1. The molecule has 3 aromatic rings. The van der Waals surface area contributed by atoms with E-state index < -0.39 is 0 Å². The van der Waals surface area contributed by atoms with Gasteiger partial charge in [0.15, 0.2) is 0 Å². The van der Waals surface area contributed by atoms with Gasteiger partial charge in [-0.15, -0.1) is 0 Å². The van der Waals surface area contributed by atoms with Gasteiger partial charge in [-0.05, 0) is 43.2 Å². The quantitative estimate of drug-likeness (QED) is 0.666. The molecule has 3 rings (SSSR count). The molecule has 0 fully saturated rings. The van der Waals surface area contributed by atoms with Gasteiger partial charge < -0.3 is 4.52 Å². The molecular weight excluding hydrogens is 274 g/mol. The van der Waals surface area contributed by atoms with Crippen molar-refractivity contribution in [2.24, 2.45) is 0 Å². The lowest BCUT2D eigenvalue weighted by molar-refractivity contribution is 0.432. The smallest absolute Gasteiger partial charge is 0.261 e. The zero-order valence-electron chi connectivity index (χ0n) is 11.1. The summed E-state index contributed by atoms with van der Waals surface area (Å²) in [6.45, 7) is 4.12. The van der Waals surface area contributed by atoms with Crippen molar-refractivity contribution in [1.29, 1.82) is 0 Å². The van der Waals surface area contributed by atoms with Crippen LogP contribution < -0.4 is 0 Å². The summed E-state index contributed by atoms with van der Waals surface area (Å²) >= 11 is 6.02. The molecule has 0 bridgehead atoms. The summed E-state index contributed by atoms with van der Waals surface area (Å²) in [5.41, 5.74) is 3.97. The molecule has 2 aromatic heterocycles. The predicted octanol–water partition coefficient (Wildman–Crippen LogP) is 4.07. The molecule has 0 amide bonds. The van der Waals surface area contributed by atoms with Crippen LogP contribution >= 0.6 is 11.6 Å². The fraction of sp³-hybridized carbons (Fsp3) is 0.133. The SMILES string of the molecule is Cc1ccc(-c2noc(-c3cccnc3Cl)n2)cc1C. The van der Waals surface area contributed by atoms with Crippen LogP contribution in [0, 0.1) is 13.8 Å². The van der Waals surface area contributed by atoms with Gasteiger partial charge in [0.05, 0.1) is 5.56 Å². The second-order valence-corrected chi connectivity index (χ2v) is 4.92. The fourth-order valence-electron chi connectivity index (χ4n) is 1.88. The van der Waals surface area contributed by atoms with Gasteiger partial charge in [-0.3, -0.25) is 0 Å². The number of hydrogen-bond acceptors (Lipinski definition) is 4. The van der Waals surface area contributed by atoms with Crippen LogP contribution in [0.4, 0.5) is 0 Å². The van der Waals surface area contributed by atoms with E-state index in [4.69, 9.17) is 16.1 Å². The highest BCUT2D eigenvalue weighted by Crippen LogP contribution is 2.27. The van der Waals surface area contributed by atoms with E-state index in [9.17, 15) is 0 Å². The van der Waals surface area contributed by atoms with Gasteiger partial charge in [0.25, 0.3) is 5.89 Å². The number of nitrogens with zero attached hydrogens (tertiary/aromatic N) is 3. The Morgan fingerprint density at radius 2 is 1.95 bits per heavy atom. The van der Waals surface area contributed by atoms with E-state index >= 15 is 0 Å². The predicted molar refractivity (Wildman–Crippen MR) is 77.4 cm³/mol. The minimum atomic E-state index is 0.350. The zero-order valence-corrected chi connectivity index (χ0v) is 11.8. The van der Waals surface area contributed by atoms with E-state index in [1.54, 1.807) is 18.3 Å². The standard InChI is InChI=1S/C15H12ClN3O/c1-9-5-6-11(8-10(9)2)14-18-15(20-19-14)12-4-3-7-17-13(12)16/h3-8H,1-2H3. The molecule has 0 saturated carbocycles. The Labute approximate surface area is 121 Å². The number of halogens is 1. The van der Waals surface area contributed by atoms with Crippen molar-refractivity contribution in [3.63, 3.8) is 0 Å². The lowest BCUT2D eigenvalue weighted by Crippen LogP contribution is -1.86. The third-order valence-electron chi connectivity index (χ3n) is 3.18. The molecule has 0 N–H and O–H groups in total. The first-order valence-corrected chi connectivity index (χ1v) is 6.55. The van der Waals surface area contributed by atoms with Gasteiger partial charge in [-0.1, -0.05) is 28.9 Å². The van der Waals surface area contributed by atoms with Crippen LogP contribution in [-0.2, 0) is 0 Å². The Morgan fingerprint density at radius 1 is 1.10 bits per heavy atom. The molecule has 5 heteroatoms. The highest BCUT2D eigenvalue weighted by atomic mass is 35.5. The van der Waals surface area contributed by atoms with Gasteiger partial charge in [0.2, 0.25) is 5.82 Å². The lowest BCUT2D eigenvalue weighted by Gasteiger charge is -2.00. The van der Waals surface area contributed by atoms with E-state index in [2.05, 4.69) is 29.0 Å². The van der Waals surface area contributed by atoms with Crippen LogP contribution in [0.15, 0.2) is 41.1 Å². The van der Waals surface area contributed by atoms with Crippen molar-refractivity contribution in [1.82, 2.24) is 15.1 Å². The van der Waals surface area contributed by atoms with Gasteiger partial charge >= 0.3 is 0 Å². The maximum absolute atomic E-state index is 6.02. The number of aromatic nitrogens is 3. The molecular formula is C15H12ClN3O. The van der Waals surface area contributed by atoms with Crippen molar-refractivity contribution in [3.8, 4) is 22.8 Å². The van der Waals surface area contributed by atoms with E-state index in [1.807, 2.05) is 18.2 Å². The summed E-state index contributed by atoms with van der Waals surface area (Å²) in [4.78, 5) is 8.38. The van der Waals surface area contributed by atoms with Gasteiger partial charge in [0, 0.05) is 11.8 Å². The largest absolute Gasteiger partial charge is 0.333 e. The van der Waals surface area contributed by atoms with Gasteiger partial charge in [-0.2, -0.15) is 4.98 Å². The summed E-state index contributed by atoms with van der Waals surface area (Å²) in [5.74, 6) is 0.916. The Bertz CT molecular complexity index is 767. The third kappa shape index (κ3) is 2.30. The molecule has 2 heterocycles. The molecule has 0 radical (unpaired) electrons. The molecule has 0 aliphatic heterocycles. The van der Waals surface area contributed by atoms with E-state index in [1.165, 1.54) is 11.1 Å². The average Bonchev–Trinajstić information content (AvgIpc) is 2.92. The van der Waals surface area contributed by atoms with Crippen LogP contribution in [0.3, 0.4) is 0 Å². The molecule has 1 aromatic carbocycles. The lowest BCUT2D eigenvalue weighted by atomic mass is 10.1. The van der Waals surface area contributed by atoms with E-state index in [0.29, 0.717) is 22.4 Å². The Hall–Kier alpha value is -2.20. The van der Waals surface area contributed by atoms with E-state index in [0.717, 1.165) is 5.56 Å². The van der Waals surface area contributed by atoms with Crippen LogP contribution in [0.2, 0.25) is 5.15 Å². The van der Waals surface area contributed by atoms with Gasteiger partial charge in [-0.25, -0.2) is 4.98 Å². The highest BCUT2D eigenvalue weighted by molar-refractivity contribution is 6.31. The molecule has 4 nitrogen and oxygen atoms in total. The van der Waals surface area contributed by atoms with Crippen LogP contribution in [0.25, 0.3) is 22.8 Å². The molecule has 0 atom stereocenters. The van der Waals surface area contributed by atoms with Crippen molar-refractivity contribution in [2.45, 2.75) is 13.8 Å². The van der Waals surface area contributed by atoms with Gasteiger partial charge in [0.1, 0.15) is 5.15 Å². The Kier molecular flexibility index (Phi) is 3.24. The monoisotopic (exact) mass is 285 g/mol. The number of rotatable bonds is 2. The number of hydrogen-bond donors (Lipinski definition) is 0. The summed E-state index contributed by atoms with van der Waals surface area (Å²) in [6.07, 6.45) is 1.62. The molecule has 0 spiro atoms. The average molecular weight is 286 g/mol. The summed E-state index contributed by atoms with van der Waals surface area (Å²) in [6, 6.07) is 9.63. The molecule has 0 aliphatic rings. The summed E-state index contributed by atoms with van der Waals surface area (Å²) < 4.78 is 5.27. The second kappa shape index (κ2) is 5.06. The first-order valence-electron chi connectivity index (χ1n) is 6.17. The normalized spacial score (nSPS) is 10.8. The zero-order chi connectivity index (χ0) is 14.1. The molecule has 0 aliphatic carbocycles. The van der Waals surface area contributed by atoms with Crippen molar-refractivity contribution >= 4 is 11.6 Å². The number of aryl methyl sites for hydroxylation is 2. The Morgan fingerprint density at radius 3 is 2.70 bits per heavy atom. The molecule has 100 valence electrons. The van der Waals surface area contributed by atoms with Crippen LogP contribution in [0.5, 0.6) is 0 Å². The maximum atomic E-state index is 6.02. The minimum Gasteiger partial charge on any atom is -0.333 e. The Balaban J connectivity index is 2.02. The van der Waals surface area contributed by atoms with Crippen molar-refractivity contribution in [2.75, 3.05) is 0 Å². The first-order chi connectivity index (χ1) is 9.65. The summed E-state index contributed by atoms with van der Waals surface area (Å²) in [7, 11) is 0. The van der Waals surface area contributed by atoms with Crippen molar-refractivity contribution in [3.05, 3.63) is 52.8 Å². The van der Waals surface area contributed by atoms with E-state index in [-0.39, 0.29) is 0 Å². The van der Waals surface area contributed by atoms with Crippen LogP contribution in [-0.4, -0.2) is 15.1 Å². The fourth-order valence-corrected chi connectivity index (χ4v) is 2.08. The third-order valence-corrected chi connectivity index (χ3v) is 3.48. The first kappa shape index (κ1) is 12.8. The molecule has 0 unspecified atom stereocenters. The van der Waals surface area contributed by atoms with Crippen molar-refractivity contribution < 1.29 is 4.52 Å². The molecule has 20 heavy (non-hydrogen) atoms. The number of benzene rings is 1. The second-order valence-electron chi connectivity index (χ2n) is 4.56. The highest BCUT2D eigenvalue weighted by Gasteiger charge is 2.13.